The molecule has 2 aromatic carbocycles. The van der Waals surface area contributed by atoms with E-state index in [2.05, 4.69) is 10.3 Å². The molecule has 0 saturated carbocycles. The smallest absolute Gasteiger partial charge is 0.255 e. The van der Waals surface area contributed by atoms with Crippen LogP contribution < -0.4 is 11.1 Å². The van der Waals surface area contributed by atoms with Gasteiger partial charge in [-0.2, -0.15) is 0 Å². The number of hydrogen-bond donors (Lipinski definition) is 2. The molecule has 0 spiro atoms. The molecule has 1 aromatic heterocycles. The summed E-state index contributed by atoms with van der Waals surface area (Å²) in [6, 6.07) is 10.7. The van der Waals surface area contributed by atoms with Crippen LogP contribution >= 0.6 is 23.1 Å². The zero-order valence-corrected chi connectivity index (χ0v) is 13.9. The average Bonchev–Trinajstić information content (AvgIpc) is 2.95. The molecule has 1 heterocycles. The van der Waals surface area contributed by atoms with Crippen molar-refractivity contribution in [2.24, 2.45) is 5.73 Å². The Hall–Kier alpha value is -2.45. The number of nitrogens with one attached hydrogen (secondary N) is 1. The minimum Gasteiger partial charge on any atom is -0.369 e. The molecule has 0 atom stereocenters. The number of rotatable bonds is 5. The Balaban J connectivity index is 1.76. The van der Waals surface area contributed by atoms with Gasteiger partial charge in [0.05, 0.1) is 16.0 Å². The van der Waals surface area contributed by atoms with Gasteiger partial charge in [0.2, 0.25) is 5.91 Å². The number of carbonyl (C=O) groups is 2. The van der Waals surface area contributed by atoms with Crippen LogP contribution in [-0.2, 0) is 4.79 Å². The van der Waals surface area contributed by atoms with Crippen LogP contribution in [0.25, 0.3) is 10.2 Å². The number of anilines is 1. The maximum absolute atomic E-state index is 12.9. The Morgan fingerprint density at radius 2 is 1.96 bits per heavy atom. The maximum Gasteiger partial charge on any atom is 0.255 e. The Labute approximate surface area is 145 Å². The zero-order valence-electron chi connectivity index (χ0n) is 12.3. The molecule has 3 aromatic rings. The van der Waals surface area contributed by atoms with Crippen molar-refractivity contribution in [2.45, 2.75) is 4.34 Å². The number of thiazole rings is 1. The number of aromatic nitrogens is 1. The number of nitrogens with zero attached hydrogens (tertiary/aromatic N) is 1. The number of amides is 2. The predicted molar refractivity (Wildman–Crippen MR) is 93.9 cm³/mol. The van der Waals surface area contributed by atoms with E-state index in [9.17, 15) is 14.0 Å². The minimum atomic E-state index is -0.397. The van der Waals surface area contributed by atoms with Gasteiger partial charge in [-0.15, -0.1) is 11.3 Å². The lowest BCUT2D eigenvalue weighted by atomic mass is 10.2. The van der Waals surface area contributed by atoms with Crippen molar-refractivity contribution in [1.82, 2.24) is 4.98 Å². The second-order valence-corrected chi connectivity index (χ2v) is 7.13. The first kappa shape index (κ1) is 16.4. The minimum absolute atomic E-state index is 0.175. The lowest BCUT2D eigenvalue weighted by molar-refractivity contribution is -0.115. The summed E-state index contributed by atoms with van der Waals surface area (Å²) in [6.45, 7) is 0. The summed E-state index contributed by atoms with van der Waals surface area (Å²) in [5.74, 6) is -0.930. The third-order valence-electron chi connectivity index (χ3n) is 3.07. The Morgan fingerprint density at radius 3 is 2.67 bits per heavy atom. The Kier molecular flexibility index (Phi) is 4.77. The highest BCUT2D eigenvalue weighted by molar-refractivity contribution is 8.01. The van der Waals surface area contributed by atoms with Crippen molar-refractivity contribution >= 4 is 50.8 Å². The summed E-state index contributed by atoms with van der Waals surface area (Å²) in [5, 5.41) is 2.77. The van der Waals surface area contributed by atoms with Crippen molar-refractivity contribution < 1.29 is 14.0 Å². The van der Waals surface area contributed by atoms with E-state index in [0.29, 0.717) is 11.3 Å². The van der Waals surface area contributed by atoms with Crippen LogP contribution in [0.4, 0.5) is 10.1 Å². The molecule has 0 fully saturated rings. The molecule has 122 valence electrons. The standard InChI is InChI=1S/C16H12FN3O2S2/c17-10-3-1-9(2-4-10)15(22)19-11-5-6-12-13(7-11)24-16(20-12)23-8-14(18)21/h1-7H,8H2,(H2,18,21)(H,19,22). The normalized spacial score (nSPS) is 10.7. The zero-order chi connectivity index (χ0) is 17.1. The van der Waals surface area contributed by atoms with Crippen molar-refractivity contribution in [2.75, 3.05) is 11.1 Å². The van der Waals surface area contributed by atoms with Crippen molar-refractivity contribution in [3.63, 3.8) is 0 Å². The molecule has 0 aliphatic rings. The van der Waals surface area contributed by atoms with Crippen LogP contribution in [0, 0.1) is 5.82 Å². The van der Waals surface area contributed by atoms with E-state index in [1.807, 2.05) is 6.07 Å². The van der Waals surface area contributed by atoms with E-state index in [1.165, 1.54) is 47.4 Å². The van der Waals surface area contributed by atoms with Gasteiger partial charge in [-0.3, -0.25) is 9.59 Å². The predicted octanol–water partition coefficient (Wildman–Crippen LogP) is 3.27. The molecule has 3 rings (SSSR count). The number of nitrogens with two attached hydrogens (primary N) is 1. The fourth-order valence-electron chi connectivity index (χ4n) is 1.98. The van der Waals surface area contributed by atoms with Crippen LogP contribution in [0.5, 0.6) is 0 Å². The largest absolute Gasteiger partial charge is 0.369 e. The molecule has 8 heteroatoms. The van der Waals surface area contributed by atoms with Crippen LogP contribution in [-0.4, -0.2) is 22.6 Å². The van der Waals surface area contributed by atoms with Crippen LogP contribution in [0.15, 0.2) is 46.8 Å². The molecule has 0 radical (unpaired) electrons. The SMILES string of the molecule is NC(=O)CSc1nc2ccc(NC(=O)c3ccc(F)cc3)cc2s1. The van der Waals surface area contributed by atoms with E-state index in [1.54, 1.807) is 12.1 Å². The summed E-state index contributed by atoms with van der Waals surface area (Å²) >= 11 is 2.70. The molecule has 0 aliphatic carbocycles. The van der Waals surface area contributed by atoms with Gasteiger partial charge in [0.1, 0.15) is 5.82 Å². The first-order valence-electron chi connectivity index (χ1n) is 6.90. The van der Waals surface area contributed by atoms with Gasteiger partial charge < -0.3 is 11.1 Å². The highest BCUT2D eigenvalue weighted by atomic mass is 32.2. The summed E-state index contributed by atoms with van der Waals surface area (Å²) in [7, 11) is 0. The first-order valence-corrected chi connectivity index (χ1v) is 8.70. The Bertz CT molecular complexity index is 909. The van der Waals surface area contributed by atoms with E-state index in [4.69, 9.17) is 5.73 Å². The van der Waals surface area contributed by atoms with Crippen LogP contribution in [0.3, 0.4) is 0 Å². The number of thioether (sulfide) groups is 1. The summed E-state index contributed by atoms with van der Waals surface area (Å²) in [4.78, 5) is 27.4. The highest BCUT2D eigenvalue weighted by Crippen LogP contribution is 2.31. The third-order valence-corrected chi connectivity index (χ3v) is 5.25. The second-order valence-electron chi connectivity index (χ2n) is 4.88. The number of hydrogen-bond acceptors (Lipinski definition) is 5. The summed E-state index contributed by atoms with van der Waals surface area (Å²) in [6.07, 6.45) is 0. The van der Waals surface area contributed by atoms with Gasteiger partial charge in [0, 0.05) is 11.3 Å². The van der Waals surface area contributed by atoms with Gasteiger partial charge in [-0.05, 0) is 42.5 Å². The topological polar surface area (TPSA) is 85.1 Å². The monoisotopic (exact) mass is 361 g/mol. The molecular formula is C16H12FN3O2S2. The molecule has 24 heavy (non-hydrogen) atoms. The third kappa shape index (κ3) is 3.90. The molecule has 0 saturated heterocycles. The van der Waals surface area contributed by atoms with E-state index < -0.39 is 11.7 Å². The van der Waals surface area contributed by atoms with Crippen LogP contribution in [0.2, 0.25) is 0 Å². The van der Waals surface area contributed by atoms with Crippen molar-refractivity contribution in [1.29, 1.82) is 0 Å². The lowest BCUT2D eigenvalue weighted by Gasteiger charge is -2.05. The van der Waals surface area contributed by atoms with Crippen molar-refractivity contribution in [3.05, 3.63) is 53.8 Å². The van der Waals surface area contributed by atoms with Gasteiger partial charge in [0.15, 0.2) is 4.34 Å². The van der Waals surface area contributed by atoms with Crippen molar-refractivity contribution in [3.8, 4) is 0 Å². The van der Waals surface area contributed by atoms with Gasteiger partial charge in [-0.25, -0.2) is 9.37 Å². The molecule has 2 amide bonds. The number of primary amides is 1. The van der Waals surface area contributed by atoms with E-state index in [0.717, 1.165) is 14.6 Å². The fraction of sp³-hybridized carbons (Fsp3) is 0.0625. The van der Waals surface area contributed by atoms with Gasteiger partial charge >= 0.3 is 0 Å². The van der Waals surface area contributed by atoms with Crippen LogP contribution in [0.1, 0.15) is 10.4 Å². The molecule has 0 bridgehead atoms. The van der Waals surface area contributed by atoms with E-state index in [-0.39, 0.29) is 11.7 Å². The number of fused-ring (bicyclic) bond motifs is 1. The second kappa shape index (κ2) is 6.98. The molecule has 5 nitrogen and oxygen atoms in total. The maximum atomic E-state index is 12.9. The Morgan fingerprint density at radius 1 is 1.21 bits per heavy atom. The summed E-state index contributed by atoms with van der Waals surface area (Å²) in [5.41, 5.74) is 6.90. The lowest BCUT2D eigenvalue weighted by Crippen LogP contribution is -2.12. The van der Waals surface area contributed by atoms with Gasteiger partial charge in [-0.1, -0.05) is 11.8 Å². The van der Waals surface area contributed by atoms with Gasteiger partial charge in [0.25, 0.3) is 5.91 Å². The first-order chi connectivity index (χ1) is 11.5. The quantitative estimate of drug-likeness (QED) is 0.683. The molecule has 0 unspecified atom stereocenters. The fourth-order valence-corrected chi connectivity index (χ4v) is 3.83. The average molecular weight is 361 g/mol. The molecule has 3 N–H and O–H groups in total. The number of carbonyl (C=O) groups excluding carboxylic acids is 2. The summed E-state index contributed by atoms with van der Waals surface area (Å²) < 4.78 is 14.5. The molecule has 0 aliphatic heterocycles. The number of halogens is 1. The highest BCUT2D eigenvalue weighted by Gasteiger charge is 2.09. The van der Waals surface area contributed by atoms with E-state index >= 15 is 0 Å². The molecular weight excluding hydrogens is 349 g/mol. The number of benzene rings is 2.